The van der Waals surface area contributed by atoms with Crippen LogP contribution in [0.1, 0.15) is 5.56 Å². The van der Waals surface area contributed by atoms with Gasteiger partial charge in [0.05, 0.1) is 5.75 Å². The van der Waals surface area contributed by atoms with Gasteiger partial charge in [-0.15, -0.1) is 19.0 Å². The van der Waals surface area contributed by atoms with E-state index in [1.54, 1.807) is 0 Å². The number of rotatable bonds is 5. The lowest BCUT2D eigenvalue weighted by Gasteiger charge is -2.06. The monoisotopic (exact) mass is 419 g/mol. The molecule has 0 saturated heterocycles. The number of nitrogens with two attached hydrogens (primary N) is 1. The number of nitrogen functional groups attached to an aromatic ring is 1. The summed E-state index contributed by atoms with van der Waals surface area (Å²) < 4.78 is 36.1. The number of carbonyl (C=O) groups is 1. The number of halogens is 2. The highest BCUT2D eigenvalue weighted by Gasteiger charge is 2.43. The third-order valence-electron chi connectivity index (χ3n) is 3.99. The number of nitrogens with one attached hydrogen (secondary N) is 1. The summed E-state index contributed by atoms with van der Waals surface area (Å²) in [5, 5.41) is 11.0. The molecule has 3 N–H and O–H groups in total. The molecule has 2 heterocycles. The van der Waals surface area contributed by atoms with Crippen molar-refractivity contribution < 1.29 is 23.0 Å². The first-order valence-corrected chi connectivity index (χ1v) is 9.39. The fourth-order valence-corrected chi connectivity index (χ4v) is 3.29. The molecule has 0 unspecified atom stereocenters. The predicted octanol–water partition coefficient (Wildman–Crippen LogP) is 3.02. The van der Waals surface area contributed by atoms with Crippen molar-refractivity contribution in [3.05, 3.63) is 48.0 Å². The Balaban J connectivity index is 1.38. The van der Waals surface area contributed by atoms with Gasteiger partial charge in [-0.3, -0.25) is 4.79 Å². The molecule has 0 saturated carbocycles. The summed E-state index contributed by atoms with van der Waals surface area (Å²) in [5.74, 6) is 5.89. The van der Waals surface area contributed by atoms with Gasteiger partial charge in [0.1, 0.15) is 0 Å². The highest BCUT2D eigenvalue weighted by molar-refractivity contribution is 7.99. The number of benzene rings is 2. The number of carbonyl (C=O) groups excluding carboxylic acids is 1. The largest absolute Gasteiger partial charge is 0.586 e. The van der Waals surface area contributed by atoms with Gasteiger partial charge in [0, 0.05) is 17.3 Å². The Morgan fingerprint density at radius 2 is 1.90 bits per heavy atom. The average Bonchev–Trinajstić information content (AvgIpc) is 3.18. The van der Waals surface area contributed by atoms with Crippen molar-refractivity contribution in [2.75, 3.05) is 16.9 Å². The summed E-state index contributed by atoms with van der Waals surface area (Å²) >= 11 is 1.09. The zero-order valence-corrected chi connectivity index (χ0v) is 15.9. The molecular formula is C18H15F2N5O3S. The Morgan fingerprint density at radius 3 is 2.66 bits per heavy atom. The van der Waals surface area contributed by atoms with Crippen LogP contribution in [0, 0.1) is 6.92 Å². The Morgan fingerprint density at radius 1 is 1.17 bits per heavy atom. The molecule has 0 fully saturated rings. The summed E-state index contributed by atoms with van der Waals surface area (Å²) in [6, 6.07) is 11.6. The van der Waals surface area contributed by atoms with Gasteiger partial charge in [0.2, 0.25) is 11.1 Å². The van der Waals surface area contributed by atoms with Crippen LogP contribution in [-0.4, -0.2) is 32.8 Å². The van der Waals surface area contributed by atoms with E-state index in [-0.39, 0.29) is 23.2 Å². The Hall–Kier alpha value is -3.34. The van der Waals surface area contributed by atoms with E-state index >= 15 is 0 Å². The second-order valence-corrected chi connectivity index (χ2v) is 7.15. The highest BCUT2D eigenvalue weighted by Crippen LogP contribution is 2.42. The predicted molar refractivity (Wildman–Crippen MR) is 102 cm³/mol. The van der Waals surface area contributed by atoms with Crippen LogP contribution < -0.4 is 20.6 Å². The van der Waals surface area contributed by atoms with Crippen LogP contribution in [0.2, 0.25) is 0 Å². The van der Waals surface area contributed by atoms with E-state index in [1.807, 2.05) is 31.2 Å². The number of amides is 1. The van der Waals surface area contributed by atoms with Gasteiger partial charge < -0.3 is 20.6 Å². The number of aryl methyl sites for hydroxylation is 1. The van der Waals surface area contributed by atoms with E-state index in [1.165, 1.54) is 22.9 Å². The number of hydrogen-bond donors (Lipinski definition) is 2. The fourth-order valence-electron chi connectivity index (χ4n) is 2.63. The van der Waals surface area contributed by atoms with E-state index in [4.69, 9.17) is 5.84 Å². The van der Waals surface area contributed by atoms with Crippen molar-refractivity contribution in [2.24, 2.45) is 0 Å². The molecular weight excluding hydrogens is 404 g/mol. The van der Waals surface area contributed by atoms with Crippen LogP contribution in [0.25, 0.3) is 11.4 Å². The second-order valence-electron chi connectivity index (χ2n) is 6.21. The van der Waals surface area contributed by atoms with Gasteiger partial charge in [-0.25, -0.2) is 4.68 Å². The van der Waals surface area contributed by atoms with E-state index in [0.29, 0.717) is 16.7 Å². The number of anilines is 1. The molecule has 11 heteroatoms. The molecule has 8 nitrogen and oxygen atoms in total. The first-order chi connectivity index (χ1) is 13.8. The molecule has 29 heavy (non-hydrogen) atoms. The van der Waals surface area contributed by atoms with Crippen molar-refractivity contribution in [2.45, 2.75) is 18.4 Å². The standard InChI is InChI=1S/C18H15F2N5O3S/c1-10-2-4-11(5-3-10)16-23-24-17(25(16)21)29-9-15(26)22-12-6-7-13-14(8-12)28-18(19,20)27-13/h2-8H,9,21H2,1H3,(H,22,26). The molecule has 4 rings (SSSR count). The first kappa shape index (κ1) is 19.0. The van der Waals surface area contributed by atoms with E-state index in [2.05, 4.69) is 25.0 Å². The number of ether oxygens (including phenoxy) is 2. The lowest BCUT2D eigenvalue weighted by Crippen LogP contribution is -2.25. The van der Waals surface area contributed by atoms with Crippen LogP contribution in [0.4, 0.5) is 14.5 Å². The number of hydrogen-bond acceptors (Lipinski definition) is 7. The van der Waals surface area contributed by atoms with Crippen molar-refractivity contribution >= 4 is 23.4 Å². The van der Waals surface area contributed by atoms with Gasteiger partial charge in [0.15, 0.2) is 17.3 Å². The summed E-state index contributed by atoms with van der Waals surface area (Å²) in [6.07, 6.45) is -3.71. The third-order valence-corrected chi connectivity index (χ3v) is 4.93. The highest BCUT2D eigenvalue weighted by atomic mass is 32.2. The number of aromatic nitrogens is 3. The van der Waals surface area contributed by atoms with Crippen molar-refractivity contribution in [3.63, 3.8) is 0 Å². The van der Waals surface area contributed by atoms with Gasteiger partial charge in [0.25, 0.3) is 0 Å². The first-order valence-electron chi connectivity index (χ1n) is 8.41. The van der Waals surface area contributed by atoms with Crippen LogP contribution >= 0.6 is 11.8 Å². The second kappa shape index (κ2) is 7.24. The number of thioether (sulfide) groups is 1. The molecule has 0 atom stereocenters. The topological polar surface area (TPSA) is 104 Å². The normalized spacial score (nSPS) is 14.0. The SMILES string of the molecule is Cc1ccc(-c2nnc(SCC(=O)Nc3ccc4c(c3)OC(F)(F)O4)n2N)cc1. The maximum absolute atomic E-state index is 13.1. The molecule has 1 aliphatic heterocycles. The molecule has 0 radical (unpaired) electrons. The Labute approximate surface area is 168 Å². The quantitative estimate of drug-likeness (QED) is 0.484. The third kappa shape index (κ3) is 4.09. The van der Waals surface area contributed by atoms with Crippen LogP contribution in [0.3, 0.4) is 0 Å². The van der Waals surface area contributed by atoms with E-state index in [9.17, 15) is 13.6 Å². The number of nitrogens with zero attached hydrogens (tertiary/aromatic N) is 3. The van der Waals surface area contributed by atoms with Gasteiger partial charge in [-0.05, 0) is 19.1 Å². The zero-order chi connectivity index (χ0) is 20.6. The fraction of sp³-hybridized carbons (Fsp3) is 0.167. The average molecular weight is 419 g/mol. The molecule has 3 aromatic rings. The molecule has 1 aromatic heterocycles. The van der Waals surface area contributed by atoms with Gasteiger partial charge in [-0.2, -0.15) is 0 Å². The van der Waals surface area contributed by atoms with Crippen LogP contribution in [0.5, 0.6) is 11.5 Å². The smallest absolute Gasteiger partial charge is 0.395 e. The van der Waals surface area contributed by atoms with Crippen molar-refractivity contribution in [1.29, 1.82) is 0 Å². The lowest BCUT2D eigenvalue weighted by atomic mass is 10.1. The summed E-state index contributed by atoms with van der Waals surface area (Å²) in [7, 11) is 0. The summed E-state index contributed by atoms with van der Waals surface area (Å²) in [6.45, 7) is 1.97. The lowest BCUT2D eigenvalue weighted by molar-refractivity contribution is -0.286. The molecule has 2 aromatic carbocycles. The van der Waals surface area contributed by atoms with Gasteiger partial charge in [-0.1, -0.05) is 41.6 Å². The zero-order valence-electron chi connectivity index (χ0n) is 15.1. The molecule has 150 valence electrons. The summed E-state index contributed by atoms with van der Waals surface area (Å²) in [4.78, 5) is 12.2. The van der Waals surface area contributed by atoms with Crippen LogP contribution in [0.15, 0.2) is 47.6 Å². The van der Waals surface area contributed by atoms with Crippen molar-refractivity contribution in [1.82, 2.24) is 14.9 Å². The minimum absolute atomic E-state index is 0.00612. The molecule has 0 aliphatic carbocycles. The maximum Gasteiger partial charge on any atom is 0.586 e. The molecule has 0 bridgehead atoms. The van der Waals surface area contributed by atoms with E-state index in [0.717, 1.165) is 22.9 Å². The summed E-state index contributed by atoms with van der Waals surface area (Å²) in [5.41, 5.74) is 2.21. The number of alkyl halides is 2. The molecule has 1 amide bonds. The Bertz CT molecular complexity index is 1070. The maximum atomic E-state index is 13.1. The molecule has 0 spiro atoms. The van der Waals surface area contributed by atoms with Crippen LogP contribution in [-0.2, 0) is 4.79 Å². The van der Waals surface area contributed by atoms with Gasteiger partial charge >= 0.3 is 6.29 Å². The number of fused-ring (bicyclic) bond motifs is 1. The Kier molecular flexibility index (Phi) is 4.74. The van der Waals surface area contributed by atoms with E-state index < -0.39 is 6.29 Å². The minimum atomic E-state index is -3.71. The van der Waals surface area contributed by atoms with Crippen molar-refractivity contribution in [3.8, 4) is 22.9 Å². The molecule has 1 aliphatic rings. The minimum Gasteiger partial charge on any atom is -0.395 e.